The maximum Gasteiger partial charge on any atom is 0.241 e. The van der Waals surface area contributed by atoms with E-state index in [1.54, 1.807) is 17.3 Å². The van der Waals surface area contributed by atoms with Gasteiger partial charge >= 0.3 is 0 Å². The van der Waals surface area contributed by atoms with Crippen LogP contribution in [-0.4, -0.2) is 15.9 Å². The van der Waals surface area contributed by atoms with Gasteiger partial charge in [0.1, 0.15) is 17.0 Å². The Hall–Kier alpha value is -3.74. The standard InChI is InChI=1S/C27H18ClN3O2S/c28-20-10-5-13-23-25(20)30-27(34-23)31(16-17-7-6-14-29-15-17)26(32)24-18-8-1-3-11-21(18)33-22-12-4-2-9-19(22)24/h1-15,24H,16H2. The Morgan fingerprint density at radius 3 is 2.35 bits per heavy atom. The average Bonchev–Trinajstić information content (AvgIpc) is 3.31. The number of pyridine rings is 1. The maximum atomic E-state index is 14.4. The highest BCUT2D eigenvalue weighted by Gasteiger charge is 2.36. The zero-order valence-corrected chi connectivity index (χ0v) is 19.5. The van der Waals surface area contributed by atoms with Crippen LogP contribution < -0.4 is 9.64 Å². The number of halogens is 1. The number of ether oxygens (including phenoxy) is 1. The van der Waals surface area contributed by atoms with Crippen LogP contribution in [0, 0.1) is 0 Å². The topological polar surface area (TPSA) is 55.3 Å². The summed E-state index contributed by atoms with van der Waals surface area (Å²) < 4.78 is 7.04. The number of fused-ring (bicyclic) bond motifs is 3. The van der Waals surface area contributed by atoms with E-state index in [9.17, 15) is 4.79 Å². The fourth-order valence-electron chi connectivity index (χ4n) is 4.26. The van der Waals surface area contributed by atoms with Gasteiger partial charge in [-0.3, -0.25) is 14.7 Å². The van der Waals surface area contributed by atoms with E-state index in [4.69, 9.17) is 21.3 Å². The molecule has 1 aliphatic rings. The quantitative estimate of drug-likeness (QED) is 0.281. The van der Waals surface area contributed by atoms with Crippen molar-refractivity contribution in [1.29, 1.82) is 0 Å². The molecule has 0 atom stereocenters. The number of aromatic nitrogens is 2. The van der Waals surface area contributed by atoms with Crippen LogP contribution in [0.2, 0.25) is 5.02 Å². The third-order valence-electron chi connectivity index (χ3n) is 5.85. The van der Waals surface area contributed by atoms with Crippen molar-refractivity contribution in [3.63, 3.8) is 0 Å². The highest BCUT2D eigenvalue weighted by molar-refractivity contribution is 7.22. The number of carbonyl (C=O) groups is 1. The summed E-state index contributed by atoms with van der Waals surface area (Å²) in [6, 6.07) is 24.9. The minimum absolute atomic E-state index is 0.0813. The van der Waals surface area contributed by atoms with Crippen LogP contribution in [0.3, 0.4) is 0 Å². The number of rotatable bonds is 4. The molecule has 5 aromatic rings. The van der Waals surface area contributed by atoms with E-state index in [-0.39, 0.29) is 5.91 Å². The van der Waals surface area contributed by atoms with Crippen molar-refractivity contribution in [1.82, 2.24) is 9.97 Å². The number of hydrogen-bond donors (Lipinski definition) is 0. The first kappa shape index (κ1) is 20.8. The van der Waals surface area contributed by atoms with Crippen molar-refractivity contribution in [2.24, 2.45) is 0 Å². The van der Waals surface area contributed by atoms with Gasteiger partial charge < -0.3 is 4.74 Å². The fourth-order valence-corrected chi connectivity index (χ4v) is 5.53. The lowest BCUT2D eigenvalue weighted by atomic mass is 9.87. The molecule has 166 valence electrons. The Balaban J connectivity index is 1.50. The Morgan fingerprint density at radius 1 is 0.941 bits per heavy atom. The Morgan fingerprint density at radius 2 is 1.68 bits per heavy atom. The largest absolute Gasteiger partial charge is 0.457 e. The molecule has 3 heterocycles. The lowest BCUT2D eigenvalue weighted by Gasteiger charge is -2.31. The Labute approximate surface area is 205 Å². The van der Waals surface area contributed by atoms with Crippen LogP contribution in [-0.2, 0) is 11.3 Å². The van der Waals surface area contributed by atoms with Crippen molar-refractivity contribution in [2.75, 3.05) is 4.90 Å². The predicted octanol–water partition coefficient (Wildman–Crippen LogP) is 6.82. The number of benzene rings is 3. The second kappa shape index (κ2) is 8.56. The van der Waals surface area contributed by atoms with Gasteiger partial charge in [0.25, 0.3) is 0 Å². The maximum absolute atomic E-state index is 14.4. The number of amides is 1. The molecule has 0 aliphatic carbocycles. The van der Waals surface area contributed by atoms with Crippen molar-refractivity contribution in [3.8, 4) is 11.5 Å². The molecule has 0 N–H and O–H groups in total. The molecule has 0 spiro atoms. The van der Waals surface area contributed by atoms with E-state index in [0.717, 1.165) is 21.4 Å². The van der Waals surface area contributed by atoms with Gasteiger partial charge in [0.2, 0.25) is 5.91 Å². The monoisotopic (exact) mass is 483 g/mol. The van der Waals surface area contributed by atoms with Crippen LogP contribution in [0.5, 0.6) is 11.5 Å². The number of anilines is 1. The SMILES string of the molecule is O=C(C1c2ccccc2Oc2ccccc21)N(Cc1cccnc1)c1nc2c(Cl)cccc2s1. The first-order valence-corrected chi connectivity index (χ1v) is 12.0. The van der Waals surface area contributed by atoms with Crippen LogP contribution in [0.1, 0.15) is 22.6 Å². The van der Waals surface area contributed by atoms with Crippen molar-refractivity contribution in [2.45, 2.75) is 12.5 Å². The van der Waals surface area contributed by atoms with E-state index >= 15 is 0 Å². The molecule has 34 heavy (non-hydrogen) atoms. The molecule has 3 aromatic carbocycles. The predicted molar refractivity (Wildman–Crippen MR) is 135 cm³/mol. The van der Waals surface area contributed by atoms with Crippen molar-refractivity contribution < 1.29 is 9.53 Å². The summed E-state index contributed by atoms with van der Waals surface area (Å²) >= 11 is 7.86. The lowest BCUT2D eigenvalue weighted by molar-refractivity contribution is -0.119. The molecule has 1 amide bonds. The van der Waals surface area contributed by atoms with Crippen LogP contribution in [0.25, 0.3) is 10.2 Å². The van der Waals surface area contributed by atoms with Gasteiger partial charge in [-0.05, 0) is 35.9 Å². The molecule has 1 aliphatic heterocycles. The van der Waals surface area contributed by atoms with Gasteiger partial charge in [0.15, 0.2) is 5.13 Å². The summed E-state index contributed by atoms with van der Waals surface area (Å²) in [5, 5.41) is 1.16. The molecule has 0 unspecified atom stereocenters. The highest BCUT2D eigenvalue weighted by atomic mass is 35.5. The summed E-state index contributed by atoms with van der Waals surface area (Å²) in [6.07, 6.45) is 3.49. The molecule has 0 saturated carbocycles. The Bertz CT molecular complexity index is 1470. The van der Waals surface area contributed by atoms with Crippen LogP contribution >= 0.6 is 22.9 Å². The van der Waals surface area contributed by atoms with E-state index in [1.165, 1.54) is 11.3 Å². The molecule has 5 nitrogen and oxygen atoms in total. The number of carbonyl (C=O) groups excluding carboxylic acids is 1. The molecule has 0 bridgehead atoms. The summed E-state index contributed by atoms with van der Waals surface area (Å²) in [5.41, 5.74) is 3.28. The molecule has 0 radical (unpaired) electrons. The summed E-state index contributed by atoms with van der Waals surface area (Å²) in [7, 11) is 0. The zero-order chi connectivity index (χ0) is 23.1. The molecule has 0 fully saturated rings. The number of para-hydroxylation sites is 3. The van der Waals surface area contributed by atoms with Crippen molar-refractivity contribution >= 4 is 44.2 Å². The van der Waals surface area contributed by atoms with Crippen LogP contribution in [0.15, 0.2) is 91.3 Å². The van der Waals surface area contributed by atoms with Gasteiger partial charge in [0, 0.05) is 23.5 Å². The highest BCUT2D eigenvalue weighted by Crippen LogP contribution is 2.46. The smallest absolute Gasteiger partial charge is 0.241 e. The van der Waals surface area contributed by atoms with Gasteiger partial charge in [-0.1, -0.05) is 71.5 Å². The first-order valence-electron chi connectivity index (χ1n) is 10.8. The summed E-state index contributed by atoms with van der Waals surface area (Å²) in [4.78, 5) is 25.1. The molecule has 6 rings (SSSR count). The summed E-state index contributed by atoms with van der Waals surface area (Å²) in [6.45, 7) is 0.339. The third kappa shape index (κ3) is 3.61. The van der Waals surface area contributed by atoms with Gasteiger partial charge in [-0.15, -0.1) is 0 Å². The first-order chi connectivity index (χ1) is 16.7. The molecule has 0 saturated heterocycles. The third-order valence-corrected chi connectivity index (χ3v) is 7.19. The minimum atomic E-state index is -0.527. The van der Waals surface area contributed by atoms with Gasteiger partial charge in [0.05, 0.1) is 22.2 Å². The molecular weight excluding hydrogens is 466 g/mol. The lowest BCUT2D eigenvalue weighted by Crippen LogP contribution is -2.36. The average molecular weight is 484 g/mol. The number of nitrogens with zero attached hydrogens (tertiary/aromatic N) is 3. The zero-order valence-electron chi connectivity index (χ0n) is 17.9. The Kier molecular flexibility index (Phi) is 5.24. The van der Waals surface area contributed by atoms with E-state index < -0.39 is 5.92 Å². The van der Waals surface area contributed by atoms with Crippen molar-refractivity contribution in [3.05, 3.63) is 113 Å². The molecule has 2 aromatic heterocycles. The summed E-state index contributed by atoms with van der Waals surface area (Å²) in [5.74, 6) is 0.768. The number of hydrogen-bond acceptors (Lipinski definition) is 5. The normalized spacial score (nSPS) is 12.6. The van der Waals surface area contributed by atoms with Gasteiger partial charge in [-0.2, -0.15) is 0 Å². The van der Waals surface area contributed by atoms with E-state index in [2.05, 4.69) is 4.98 Å². The second-order valence-corrected chi connectivity index (χ2v) is 9.40. The minimum Gasteiger partial charge on any atom is -0.457 e. The van der Waals surface area contributed by atoms with Crippen LogP contribution in [0.4, 0.5) is 5.13 Å². The molecule has 7 heteroatoms. The van der Waals surface area contributed by atoms with E-state index in [0.29, 0.717) is 33.7 Å². The fraction of sp³-hybridized carbons (Fsp3) is 0.0741. The van der Waals surface area contributed by atoms with Gasteiger partial charge in [-0.25, -0.2) is 4.98 Å². The molecular formula is C27H18ClN3O2S. The second-order valence-electron chi connectivity index (χ2n) is 7.98. The van der Waals surface area contributed by atoms with E-state index in [1.807, 2.05) is 78.9 Å². The number of thiazole rings is 1.